The van der Waals surface area contributed by atoms with E-state index in [4.69, 9.17) is 11.5 Å². The summed E-state index contributed by atoms with van der Waals surface area (Å²) in [7, 11) is -3.71. The predicted octanol–water partition coefficient (Wildman–Crippen LogP) is 1.44. The Bertz CT molecular complexity index is 595. The van der Waals surface area contributed by atoms with Gasteiger partial charge in [-0.3, -0.25) is 0 Å². The molecular weight excluding hydrogens is 274 g/mol. The molecule has 1 rings (SSSR count). The number of sulfonamides is 1. The van der Waals surface area contributed by atoms with E-state index >= 15 is 0 Å². The van der Waals surface area contributed by atoms with E-state index in [-0.39, 0.29) is 15.5 Å². The Morgan fingerprint density at radius 3 is 2.72 bits per heavy atom. The molecule has 0 fully saturated rings. The number of carboxylic acids is 1. The highest BCUT2D eigenvalue weighted by Crippen LogP contribution is 2.26. The zero-order chi connectivity index (χ0) is 13.9. The minimum atomic E-state index is -3.71. The van der Waals surface area contributed by atoms with E-state index < -0.39 is 22.0 Å². The van der Waals surface area contributed by atoms with E-state index in [1.165, 1.54) is 6.07 Å². The van der Waals surface area contributed by atoms with E-state index in [1.807, 2.05) is 0 Å². The molecule has 1 aromatic rings. The van der Waals surface area contributed by atoms with E-state index in [0.29, 0.717) is 5.56 Å². The topological polar surface area (TPSA) is 83.5 Å². The molecule has 98 valence electrons. The fourth-order valence-corrected chi connectivity index (χ4v) is 3.98. The number of thiophene rings is 1. The smallest absolute Gasteiger partial charge is 0.346 e. The number of aromatic carboxylic acids is 1. The number of rotatable bonds is 5. The van der Waals surface area contributed by atoms with Crippen LogP contribution in [0.5, 0.6) is 0 Å². The molecule has 0 saturated heterocycles. The molecule has 0 aliphatic carbocycles. The van der Waals surface area contributed by atoms with Gasteiger partial charge in [-0.25, -0.2) is 17.9 Å². The third-order valence-electron chi connectivity index (χ3n) is 2.13. The number of aryl methyl sites for hydroxylation is 1. The molecule has 0 aliphatic rings. The molecular formula is C11H13NO4S2. The molecule has 7 heteroatoms. The second-order valence-electron chi connectivity index (χ2n) is 3.81. The SMILES string of the molecule is C#CCC(C)NS(=O)(=O)c1cc(C)c(C(=O)O)s1. The van der Waals surface area contributed by atoms with E-state index in [9.17, 15) is 13.2 Å². The molecule has 18 heavy (non-hydrogen) atoms. The number of hydrogen-bond donors (Lipinski definition) is 2. The fourth-order valence-electron chi connectivity index (χ4n) is 1.34. The minimum Gasteiger partial charge on any atom is -0.477 e. The van der Waals surface area contributed by atoms with Crippen LogP contribution in [0.3, 0.4) is 0 Å². The van der Waals surface area contributed by atoms with Crippen LogP contribution in [0.1, 0.15) is 28.6 Å². The first kappa shape index (κ1) is 14.7. The summed E-state index contributed by atoms with van der Waals surface area (Å²) in [4.78, 5) is 10.9. The Morgan fingerprint density at radius 1 is 1.67 bits per heavy atom. The summed E-state index contributed by atoms with van der Waals surface area (Å²) in [6.45, 7) is 3.21. The Labute approximate surface area is 110 Å². The first-order valence-corrected chi connectivity index (χ1v) is 7.37. The maximum Gasteiger partial charge on any atom is 0.346 e. The van der Waals surface area contributed by atoms with Gasteiger partial charge in [0.15, 0.2) is 0 Å². The Balaban J connectivity index is 3.03. The van der Waals surface area contributed by atoms with Crippen LogP contribution in [-0.2, 0) is 10.0 Å². The summed E-state index contributed by atoms with van der Waals surface area (Å²) < 4.78 is 26.3. The van der Waals surface area contributed by atoms with Crippen LogP contribution in [0.15, 0.2) is 10.3 Å². The molecule has 0 saturated carbocycles. The summed E-state index contributed by atoms with van der Waals surface area (Å²) in [5.74, 6) is 1.23. The first-order chi connectivity index (χ1) is 8.27. The predicted molar refractivity (Wildman–Crippen MR) is 69.2 cm³/mol. The van der Waals surface area contributed by atoms with Crippen LogP contribution in [0.4, 0.5) is 0 Å². The standard InChI is InChI=1S/C11H13NO4S2/c1-4-5-8(3)12-18(15,16)9-6-7(2)10(17-9)11(13)14/h1,6,8,12H,5H2,2-3H3,(H,13,14). The molecule has 0 spiro atoms. The van der Waals surface area contributed by atoms with Gasteiger partial charge in [0.25, 0.3) is 0 Å². The van der Waals surface area contributed by atoms with Crippen molar-refractivity contribution in [3.8, 4) is 12.3 Å². The van der Waals surface area contributed by atoms with Crippen LogP contribution in [0, 0.1) is 19.3 Å². The van der Waals surface area contributed by atoms with Crippen LogP contribution < -0.4 is 4.72 Å². The highest BCUT2D eigenvalue weighted by Gasteiger charge is 2.22. The van der Waals surface area contributed by atoms with Gasteiger partial charge in [0, 0.05) is 12.5 Å². The van der Waals surface area contributed by atoms with Gasteiger partial charge in [0.1, 0.15) is 9.09 Å². The van der Waals surface area contributed by atoms with Crippen LogP contribution in [0.25, 0.3) is 0 Å². The third kappa shape index (κ3) is 3.32. The van der Waals surface area contributed by atoms with Crippen molar-refractivity contribution in [3.05, 3.63) is 16.5 Å². The molecule has 1 heterocycles. The summed E-state index contributed by atoms with van der Waals surface area (Å²) in [6.07, 6.45) is 5.37. The van der Waals surface area contributed by atoms with Gasteiger partial charge in [-0.2, -0.15) is 0 Å². The Kier molecular flexibility index (Phi) is 4.51. The molecule has 0 bridgehead atoms. The van der Waals surface area contributed by atoms with Crippen molar-refractivity contribution >= 4 is 27.3 Å². The lowest BCUT2D eigenvalue weighted by Gasteiger charge is -2.09. The first-order valence-electron chi connectivity index (χ1n) is 5.07. The molecule has 0 radical (unpaired) electrons. The molecule has 2 N–H and O–H groups in total. The maximum absolute atomic E-state index is 11.9. The lowest BCUT2D eigenvalue weighted by atomic mass is 10.3. The van der Waals surface area contributed by atoms with Gasteiger partial charge in [-0.05, 0) is 25.5 Å². The maximum atomic E-state index is 11.9. The zero-order valence-corrected chi connectivity index (χ0v) is 11.6. The summed E-state index contributed by atoms with van der Waals surface area (Å²) >= 11 is 0.733. The number of hydrogen-bond acceptors (Lipinski definition) is 4. The van der Waals surface area contributed by atoms with E-state index in [2.05, 4.69) is 10.6 Å². The second-order valence-corrected chi connectivity index (χ2v) is 6.81. The quantitative estimate of drug-likeness (QED) is 0.803. The van der Waals surface area contributed by atoms with E-state index in [1.54, 1.807) is 13.8 Å². The molecule has 5 nitrogen and oxygen atoms in total. The van der Waals surface area contributed by atoms with Gasteiger partial charge in [-0.15, -0.1) is 23.7 Å². The second kappa shape index (κ2) is 5.52. The van der Waals surface area contributed by atoms with Crippen molar-refractivity contribution in [2.24, 2.45) is 0 Å². The van der Waals surface area contributed by atoms with Crippen molar-refractivity contribution in [1.82, 2.24) is 4.72 Å². The third-order valence-corrected chi connectivity index (χ3v) is 5.42. The van der Waals surface area contributed by atoms with Crippen LogP contribution in [-0.4, -0.2) is 25.5 Å². The van der Waals surface area contributed by atoms with Gasteiger partial charge in [0.05, 0.1) is 0 Å². The summed E-state index contributed by atoms with van der Waals surface area (Å²) in [5, 5.41) is 8.88. The minimum absolute atomic E-state index is 0.0127. The number of carbonyl (C=O) groups is 1. The fraction of sp³-hybridized carbons (Fsp3) is 0.364. The highest BCUT2D eigenvalue weighted by atomic mass is 32.2. The summed E-state index contributed by atoms with van der Waals surface area (Å²) in [5.41, 5.74) is 0.428. The Hall–Kier alpha value is -1.36. The number of carboxylic acid groups (broad SMARTS) is 1. The molecule has 0 amide bonds. The molecule has 0 aromatic carbocycles. The van der Waals surface area contributed by atoms with Crippen LogP contribution in [0.2, 0.25) is 0 Å². The zero-order valence-electron chi connectivity index (χ0n) is 9.93. The lowest BCUT2D eigenvalue weighted by molar-refractivity contribution is 0.0701. The summed E-state index contributed by atoms with van der Waals surface area (Å²) in [6, 6.07) is 0.953. The average molecular weight is 287 g/mol. The lowest BCUT2D eigenvalue weighted by Crippen LogP contribution is -2.31. The molecule has 1 atom stereocenters. The van der Waals surface area contributed by atoms with Crippen molar-refractivity contribution < 1.29 is 18.3 Å². The highest BCUT2D eigenvalue weighted by molar-refractivity contribution is 7.91. The van der Waals surface area contributed by atoms with Crippen molar-refractivity contribution in [3.63, 3.8) is 0 Å². The average Bonchev–Trinajstić information content (AvgIpc) is 2.60. The van der Waals surface area contributed by atoms with Crippen molar-refractivity contribution in [1.29, 1.82) is 0 Å². The molecule has 1 unspecified atom stereocenters. The number of terminal acetylenes is 1. The monoisotopic (exact) mass is 287 g/mol. The van der Waals surface area contributed by atoms with Gasteiger partial charge in [0.2, 0.25) is 10.0 Å². The van der Waals surface area contributed by atoms with Gasteiger partial charge >= 0.3 is 5.97 Å². The van der Waals surface area contributed by atoms with Crippen molar-refractivity contribution in [2.75, 3.05) is 0 Å². The molecule has 0 aliphatic heterocycles. The van der Waals surface area contributed by atoms with Crippen molar-refractivity contribution in [2.45, 2.75) is 30.5 Å². The van der Waals surface area contributed by atoms with Gasteiger partial charge in [-0.1, -0.05) is 0 Å². The van der Waals surface area contributed by atoms with Gasteiger partial charge < -0.3 is 5.11 Å². The molecule has 1 aromatic heterocycles. The number of nitrogens with one attached hydrogen (secondary N) is 1. The van der Waals surface area contributed by atoms with E-state index in [0.717, 1.165) is 11.3 Å². The Morgan fingerprint density at radius 2 is 2.28 bits per heavy atom. The van der Waals surface area contributed by atoms with Crippen LogP contribution >= 0.6 is 11.3 Å². The largest absolute Gasteiger partial charge is 0.477 e. The normalized spacial score (nSPS) is 12.9.